The number of sulfonamides is 1. The van der Waals surface area contributed by atoms with E-state index in [9.17, 15) is 13.2 Å². The van der Waals surface area contributed by atoms with E-state index >= 15 is 0 Å². The molecule has 0 bridgehead atoms. The summed E-state index contributed by atoms with van der Waals surface area (Å²) in [5.74, 6) is -0.575. The standard InChI is InChI=1S/C16H13Cl2N3O3S/c1-21-9-14(13-4-2-3-5-15(13)21)16(22)19-20-25(23,24)12-7-10(17)6-11(18)8-12/h2-9,20H,1H3,(H,19,22). The number of carbonyl (C=O) groups excluding carboxylic acids is 1. The SMILES string of the molecule is Cn1cc(C(=O)NNS(=O)(=O)c2cc(Cl)cc(Cl)c2)c2ccccc21. The number of carbonyl (C=O) groups is 1. The van der Waals surface area contributed by atoms with Crippen LogP contribution < -0.4 is 10.3 Å². The van der Waals surface area contributed by atoms with Crippen LogP contribution in [0.15, 0.2) is 53.6 Å². The Hall–Kier alpha value is -2.06. The third-order valence-electron chi connectivity index (χ3n) is 3.59. The summed E-state index contributed by atoms with van der Waals surface area (Å²) >= 11 is 11.6. The van der Waals surface area contributed by atoms with Crippen LogP contribution in [0.2, 0.25) is 10.0 Å². The molecule has 6 nitrogen and oxygen atoms in total. The molecule has 25 heavy (non-hydrogen) atoms. The molecule has 0 radical (unpaired) electrons. The Labute approximate surface area is 154 Å². The minimum Gasteiger partial charge on any atom is -0.350 e. The Kier molecular flexibility index (Phi) is 4.75. The highest BCUT2D eigenvalue weighted by Gasteiger charge is 2.19. The van der Waals surface area contributed by atoms with Gasteiger partial charge < -0.3 is 4.57 Å². The van der Waals surface area contributed by atoms with Gasteiger partial charge in [-0.15, -0.1) is 4.83 Å². The lowest BCUT2D eigenvalue weighted by atomic mass is 10.2. The first-order valence-corrected chi connectivity index (χ1v) is 9.34. The summed E-state index contributed by atoms with van der Waals surface area (Å²) < 4.78 is 26.4. The summed E-state index contributed by atoms with van der Waals surface area (Å²) in [6, 6.07) is 11.2. The summed E-state index contributed by atoms with van der Waals surface area (Å²) in [6.45, 7) is 0. The molecule has 0 spiro atoms. The zero-order chi connectivity index (χ0) is 18.2. The van der Waals surface area contributed by atoms with Gasteiger partial charge in [0.2, 0.25) is 0 Å². The Bertz CT molecular complexity index is 1060. The lowest BCUT2D eigenvalue weighted by molar-refractivity contribution is 0.0946. The van der Waals surface area contributed by atoms with Gasteiger partial charge in [0.1, 0.15) is 0 Å². The zero-order valence-corrected chi connectivity index (χ0v) is 15.3. The first-order valence-electron chi connectivity index (χ1n) is 7.10. The van der Waals surface area contributed by atoms with Crippen LogP contribution in [0, 0.1) is 0 Å². The number of para-hydroxylation sites is 1. The van der Waals surface area contributed by atoms with Gasteiger partial charge in [-0.1, -0.05) is 41.4 Å². The van der Waals surface area contributed by atoms with Crippen molar-refractivity contribution >= 4 is 50.0 Å². The number of hydrazine groups is 1. The van der Waals surface area contributed by atoms with E-state index in [0.29, 0.717) is 10.9 Å². The fourth-order valence-corrected chi connectivity index (χ4v) is 4.01. The minimum atomic E-state index is -4.01. The van der Waals surface area contributed by atoms with Gasteiger partial charge in [0.15, 0.2) is 0 Å². The van der Waals surface area contributed by atoms with E-state index in [2.05, 4.69) is 5.43 Å². The highest BCUT2D eigenvalue weighted by molar-refractivity contribution is 7.89. The molecule has 1 amide bonds. The van der Waals surface area contributed by atoms with E-state index in [0.717, 1.165) is 5.52 Å². The van der Waals surface area contributed by atoms with E-state index in [4.69, 9.17) is 23.2 Å². The number of aromatic nitrogens is 1. The smallest absolute Gasteiger partial charge is 0.268 e. The molecule has 0 fully saturated rings. The van der Waals surface area contributed by atoms with Gasteiger partial charge in [-0.2, -0.15) is 0 Å². The first kappa shape index (κ1) is 17.8. The van der Waals surface area contributed by atoms with Crippen molar-refractivity contribution in [1.29, 1.82) is 0 Å². The Morgan fingerprint density at radius 3 is 2.40 bits per heavy atom. The first-order chi connectivity index (χ1) is 11.8. The lowest BCUT2D eigenvalue weighted by Crippen LogP contribution is -2.41. The normalized spacial score (nSPS) is 11.6. The average molecular weight is 398 g/mol. The lowest BCUT2D eigenvalue weighted by Gasteiger charge is -2.09. The summed E-state index contributed by atoms with van der Waals surface area (Å²) in [5, 5.41) is 1.06. The maximum atomic E-state index is 12.4. The second-order valence-electron chi connectivity index (χ2n) is 5.34. The van der Waals surface area contributed by atoms with Crippen LogP contribution in [-0.2, 0) is 17.1 Å². The third-order valence-corrected chi connectivity index (χ3v) is 5.25. The fourth-order valence-electron chi connectivity index (χ4n) is 2.45. The number of hydrogen-bond acceptors (Lipinski definition) is 3. The Morgan fingerprint density at radius 2 is 1.72 bits per heavy atom. The quantitative estimate of drug-likeness (QED) is 0.663. The molecular formula is C16H13Cl2N3O3S. The van der Waals surface area contributed by atoms with Crippen LogP contribution in [-0.4, -0.2) is 18.9 Å². The van der Waals surface area contributed by atoms with Crippen molar-refractivity contribution in [1.82, 2.24) is 14.8 Å². The average Bonchev–Trinajstić information content (AvgIpc) is 2.89. The summed E-state index contributed by atoms with van der Waals surface area (Å²) in [6.07, 6.45) is 1.63. The van der Waals surface area contributed by atoms with Crippen LogP contribution >= 0.6 is 23.2 Å². The van der Waals surface area contributed by atoms with Crippen molar-refractivity contribution in [2.24, 2.45) is 7.05 Å². The molecule has 0 unspecified atom stereocenters. The number of fused-ring (bicyclic) bond motifs is 1. The largest absolute Gasteiger partial charge is 0.350 e. The van der Waals surface area contributed by atoms with Gasteiger partial charge in [0, 0.05) is 34.2 Å². The van der Waals surface area contributed by atoms with Crippen molar-refractivity contribution in [3.8, 4) is 0 Å². The van der Waals surface area contributed by atoms with E-state index < -0.39 is 15.9 Å². The number of amides is 1. The summed E-state index contributed by atoms with van der Waals surface area (Å²) in [7, 11) is -2.21. The van der Waals surface area contributed by atoms with Gasteiger partial charge >= 0.3 is 0 Å². The molecule has 1 aromatic heterocycles. The van der Waals surface area contributed by atoms with Crippen LogP contribution in [0.5, 0.6) is 0 Å². The van der Waals surface area contributed by atoms with E-state index in [1.807, 2.05) is 17.0 Å². The van der Waals surface area contributed by atoms with Crippen LogP contribution in [0.4, 0.5) is 0 Å². The number of nitrogens with one attached hydrogen (secondary N) is 2. The summed E-state index contributed by atoms with van der Waals surface area (Å²) in [5.41, 5.74) is 3.42. The molecule has 0 saturated carbocycles. The van der Waals surface area contributed by atoms with Crippen LogP contribution in [0.1, 0.15) is 10.4 Å². The van der Waals surface area contributed by atoms with Gasteiger partial charge in [0.25, 0.3) is 15.9 Å². The predicted molar refractivity (Wildman–Crippen MR) is 97.2 cm³/mol. The van der Waals surface area contributed by atoms with Gasteiger partial charge in [0.05, 0.1) is 10.5 Å². The molecule has 0 aliphatic heterocycles. The molecule has 130 valence electrons. The minimum absolute atomic E-state index is 0.150. The van der Waals surface area contributed by atoms with Crippen molar-refractivity contribution in [3.05, 3.63) is 64.3 Å². The molecule has 3 rings (SSSR count). The van der Waals surface area contributed by atoms with Crippen molar-refractivity contribution < 1.29 is 13.2 Å². The Balaban J connectivity index is 1.84. The molecule has 1 heterocycles. The van der Waals surface area contributed by atoms with Gasteiger partial charge in [-0.3, -0.25) is 10.2 Å². The zero-order valence-electron chi connectivity index (χ0n) is 13.0. The molecular weight excluding hydrogens is 385 g/mol. The summed E-state index contributed by atoms with van der Waals surface area (Å²) in [4.78, 5) is 14.3. The van der Waals surface area contributed by atoms with Crippen molar-refractivity contribution in [2.75, 3.05) is 0 Å². The molecule has 0 saturated heterocycles. The third kappa shape index (κ3) is 3.64. The molecule has 3 aromatic rings. The van der Waals surface area contributed by atoms with E-state index in [-0.39, 0.29) is 14.9 Å². The maximum Gasteiger partial charge on any atom is 0.268 e. The predicted octanol–water partition coefficient (Wildman–Crippen LogP) is 3.11. The number of rotatable bonds is 4. The highest BCUT2D eigenvalue weighted by Crippen LogP contribution is 2.22. The molecule has 0 atom stereocenters. The van der Waals surface area contributed by atoms with Gasteiger partial charge in [-0.05, 0) is 24.3 Å². The molecule has 2 N–H and O–H groups in total. The number of halogens is 2. The van der Waals surface area contributed by atoms with Crippen LogP contribution in [0.25, 0.3) is 10.9 Å². The second kappa shape index (κ2) is 6.68. The topological polar surface area (TPSA) is 80.2 Å². The number of benzene rings is 2. The molecule has 0 aliphatic rings. The fraction of sp³-hybridized carbons (Fsp3) is 0.0625. The van der Waals surface area contributed by atoms with E-state index in [1.54, 1.807) is 29.9 Å². The number of hydrogen-bond donors (Lipinski definition) is 2. The maximum absolute atomic E-state index is 12.4. The van der Waals surface area contributed by atoms with E-state index in [1.165, 1.54) is 18.2 Å². The number of nitrogens with zero attached hydrogens (tertiary/aromatic N) is 1. The van der Waals surface area contributed by atoms with Crippen LogP contribution in [0.3, 0.4) is 0 Å². The number of aryl methyl sites for hydroxylation is 1. The second-order valence-corrected chi connectivity index (χ2v) is 7.89. The highest BCUT2D eigenvalue weighted by atomic mass is 35.5. The van der Waals surface area contributed by atoms with Gasteiger partial charge in [-0.25, -0.2) is 8.42 Å². The molecule has 9 heteroatoms. The Morgan fingerprint density at radius 1 is 1.08 bits per heavy atom. The molecule has 0 aliphatic carbocycles. The molecule has 2 aromatic carbocycles. The van der Waals surface area contributed by atoms with Crippen molar-refractivity contribution in [2.45, 2.75) is 4.90 Å². The van der Waals surface area contributed by atoms with Crippen molar-refractivity contribution in [3.63, 3.8) is 0 Å². The monoisotopic (exact) mass is 397 g/mol.